The van der Waals surface area contributed by atoms with Crippen molar-refractivity contribution >= 4 is 5.96 Å². The summed E-state index contributed by atoms with van der Waals surface area (Å²) >= 11 is 0. The number of nitrogens with zero attached hydrogens (tertiary/aromatic N) is 2. The average molecular weight is 268 g/mol. The van der Waals surface area contributed by atoms with Gasteiger partial charge in [0.2, 0.25) is 5.96 Å². The highest BCUT2D eigenvalue weighted by molar-refractivity contribution is 5.80. The Labute approximate surface area is 104 Å². The van der Waals surface area contributed by atoms with Gasteiger partial charge in [-0.1, -0.05) is 0 Å². The topological polar surface area (TPSA) is 62.9 Å². The van der Waals surface area contributed by atoms with E-state index in [4.69, 9.17) is 10.6 Å². The van der Waals surface area contributed by atoms with E-state index >= 15 is 0 Å². The van der Waals surface area contributed by atoms with E-state index in [0.717, 1.165) is 12.8 Å². The zero-order chi connectivity index (χ0) is 13.8. The van der Waals surface area contributed by atoms with E-state index in [1.165, 1.54) is 12.0 Å². The van der Waals surface area contributed by atoms with Gasteiger partial charge < -0.3 is 9.64 Å². The maximum atomic E-state index is 12.5. The lowest BCUT2D eigenvalue weighted by atomic mass is 10.4. The van der Waals surface area contributed by atoms with E-state index in [0.29, 0.717) is 6.61 Å². The third-order valence-electron chi connectivity index (χ3n) is 2.49. The number of hydrogen-bond donors (Lipinski definition) is 2. The molecule has 0 aromatic heterocycles. The molecule has 1 aliphatic rings. The van der Waals surface area contributed by atoms with Gasteiger partial charge in [-0.3, -0.25) is 5.43 Å². The first-order chi connectivity index (χ1) is 8.37. The minimum atomic E-state index is -4.27. The summed E-state index contributed by atoms with van der Waals surface area (Å²) in [6.45, 7) is 1.04. The second-order valence-electron chi connectivity index (χ2n) is 4.38. The molecule has 106 valence electrons. The molecule has 0 heterocycles. The minimum Gasteiger partial charge on any atom is -0.382 e. The second kappa shape index (κ2) is 6.24. The molecule has 0 radical (unpaired) electrons. The summed E-state index contributed by atoms with van der Waals surface area (Å²) in [6.07, 6.45) is -2.81. The van der Waals surface area contributed by atoms with Crippen molar-refractivity contribution in [1.29, 1.82) is 0 Å². The van der Waals surface area contributed by atoms with E-state index in [1.54, 1.807) is 6.92 Å². The van der Waals surface area contributed by atoms with E-state index in [1.807, 2.05) is 0 Å². The molecule has 18 heavy (non-hydrogen) atoms. The lowest BCUT2D eigenvalue weighted by Gasteiger charge is -2.27. The van der Waals surface area contributed by atoms with Crippen LogP contribution in [0.2, 0.25) is 0 Å². The van der Waals surface area contributed by atoms with Gasteiger partial charge in [-0.05, 0) is 19.8 Å². The number of rotatable bonds is 5. The van der Waals surface area contributed by atoms with Crippen LogP contribution in [0.25, 0.3) is 0 Å². The van der Waals surface area contributed by atoms with Crippen molar-refractivity contribution in [3.63, 3.8) is 0 Å². The molecular weight excluding hydrogens is 249 g/mol. The van der Waals surface area contributed by atoms with Crippen molar-refractivity contribution in [1.82, 2.24) is 10.3 Å². The lowest BCUT2D eigenvalue weighted by Crippen LogP contribution is -2.50. The van der Waals surface area contributed by atoms with Crippen LogP contribution < -0.4 is 11.3 Å². The zero-order valence-corrected chi connectivity index (χ0v) is 10.5. The number of aliphatic imine (C=N–C) groups is 1. The highest BCUT2D eigenvalue weighted by atomic mass is 19.4. The zero-order valence-electron chi connectivity index (χ0n) is 10.5. The molecule has 0 spiro atoms. The molecule has 1 aliphatic carbocycles. The standard InChI is InChI=1S/C10H19F3N4O/c1-7(5-18-2)15-9(16-14)17(8-3-4-8)6-10(11,12)13/h7-8H,3-6,14H2,1-2H3,(H,15,16). The molecule has 1 rings (SSSR count). The predicted molar refractivity (Wildman–Crippen MR) is 61.9 cm³/mol. The van der Waals surface area contributed by atoms with Crippen molar-refractivity contribution < 1.29 is 17.9 Å². The molecule has 8 heteroatoms. The number of hydrazine groups is 1. The van der Waals surface area contributed by atoms with E-state index in [-0.39, 0.29) is 18.0 Å². The molecule has 1 atom stereocenters. The first kappa shape index (κ1) is 15.0. The molecule has 0 bridgehead atoms. The summed E-state index contributed by atoms with van der Waals surface area (Å²) in [5, 5.41) is 0. The van der Waals surface area contributed by atoms with Crippen LogP contribution >= 0.6 is 0 Å². The highest BCUT2D eigenvalue weighted by Crippen LogP contribution is 2.30. The average Bonchev–Trinajstić information content (AvgIpc) is 3.05. The third kappa shape index (κ3) is 5.09. The molecule has 1 unspecified atom stereocenters. The normalized spacial score (nSPS) is 18.7. The first-order valence-electron chi connectivity index (χ1n) is 5.74. The van der Waals surface area contributed by atoms with Crippen molar-refractivity contribution in [3.8, 4) is 0 Å². The van der Waals surface area contributed by atoms with E-state index in [2.05, 4.69) is 10.4 Å². The second-order valence-corrected chi connectivity index (χ2v) is 4.38. The fraction of sp³-hybridized carbons (Fsp3) is 0.900. The summed E-state index contributed by atoms with van der Waals surface area (Å²) in [4.78, 5) is 5.28. The molecule has 1 fully saturated rings. The van der Waals surface area contributed by atoms with Gasteiger partial charge >= 0.3 is 6.18 Å². The summed E-state index contributed by atoms with van der Waals surface area (Å²) in [7, 11) is 1.51. The lowest BCUT2D eigenvalue weighted by molar-refractivity contribution is -0.139. The van der Waals surface area contributed by atoms with Crippen LogP contribution in [0, 0.1) is 0 Å². The SMILES string of the molecule is COCC(C)N=C(NN)N(CC(F)(F)F)C1CC1. The Bertz CT molecular complexity index is 291. The van der Waals surface area contributed by atoms with Crippen LogP contribution in [0.4, 0.5) is 13.2 Å². The van der Waals surface area contributed by atoms with Crippen LogP contribution in [-0.4, -0.2) is 49.4 Å². The Hall–Kier alpha value is -1.02. The number of methoxy groups -OCH3 is 1. The van der Waals surface area contributed by atoms with Crippen LogP contribution in [0.1, 0.15) is 19.8 Å². The number of guanidine groups is 1. The predicted octanol–water partition coefficient (Wildman–Crippen LogP) is 0.867. The maximum absolute atomic E-state index is 12.5. The van der Waals surface area contributed by atoms with E-state index in [9.17, 15) is 13.2 Å². The molecule has 3 N–H and O–H groups in total. The van der Waals surface area contributed by atoms with Crippen LogP contribution in [0.3, 0.4) is 0 Å². The summed E-state index contributed by atoms with van der Waals surface area (Å²) in [5.74, 6) is 5.34. The Morgan fingerprint density at radius 2 is 2.17 bits per heavy atom. The van der Waals surface area contributed by atoms with Gasteiger partial charge in [0.1, 0.15) is 6.54 Å². The van der Waals surface area contributed by atoms with Crippen molar-refractivity contribution in [2.24, 2.45) is 10.8 Å². The molecule has 1 saturated carbocycles. The fourth-order valence-corrected chi connectivity index (χ4v) is 1.64. The van der Waals surface area contributed by atoms with Crippen LogP contribution in [0.5, 0.6) is 0 Å². The van der Waals surface area contributed by atoms with Crippen molar-refractivity contribution in [2.75, 3.05) is 20.3 Å². The number of hydrogen-bond acceptors (Lipinski definition) is 3. The molecular formula is C10H19F3N4O. The molecule has 5 nitrogen and oxygen atoms in total. The quantitative estimate of drug-likeness (QED) is 0.336. The van der Waals surface area contributed by atoms with Gasteiger partial charge in [0.25, 0.3) is 0 Å². The number of nitrogens with two attached hydrogens (primary N) is 1. The minimum absolute atomic E-state index is 0.0689. The Morgan fingerprint density at radius 1 is 1.56 bits per heavy atom. The summed E-state index contributed by atoms with van der Waals surface area (Å²) in [6, 6.07) is -0.383. The first-order valence-corrected chi connectivity index (χ1v) is 5.74. The molecule has 0 aliphatic heterocycles. The maximum Gasteiger partial charge on any atom is 0.406 e. The Kier molecular flexibility index (Phi) is 5.21. The summed E-state index contributed by atoms with van der Waals surface area (Å²) in [5.41, 5.74) is 2.26. The number of alkyl halides is 3. The molecule has 0 amide bonds. The van der Waals surface area contributed by atoms with Gasteiger partial charge in [0, 0.05) is 13.2 Å². The van der Waals surface area contributed by atoms with Gasteiger partial charge in [0.15, 0.2) is 0 Å². The smallest absolute Gasteiger partial charge is 0.382 e. The number of halogens is 3. The fourth-order valence-electron chi connectivity index (χ4n) is 1.64. The third-order valence-corrected chi connectivity index (χ3v) is 2.49. The molecule has 0 aromatic carbocycles. The van der Waals surface area contributed by atoms with Crippen molar-refractivity contribution in [3.05, 3.63) is 0 Å². The summed E-state index contributed by atoms with van der Waals surface area (Å²) < 4.78 is 42.3. The molecule has 0 aromatic rings. The van der Waals surface area contributed by atoms with E-state index < -0.39 is 12.7 Å². The highest BCUT2D eigenvalue weighted by Gasteiger charge is 2.39. The monoisotopic (exact) mass is 268 g/mol. The Balaban J connectivity index is 2.74. The van der Waals surface area contributed by atoms with Crippen molar-refractivity contribution in [2.45, 2.75) is 38.0 Å². The van der Waals surface area contributed by atoms with Gasteiger partial charge in [-0.25, -0.2) is 10.8 Å². The number of nitrogens with one attached hydrogen (secondary N) is 1. The molecule has 0 saturated heterocycles. The van der Waals surface area contributed by atoms with Crippen LogP contribution in [0.15, 0.2) is 4.99 Å². The Morgan fingerprint density at radius 3 is 2.56 bits per heavy atom. The van der Waals surface area contributed by atoms with Gasteiger partial charge in [-0.15, -0.1) is 0 Å². The van der Waals surface area contributed by atoms with Crippen LogP contribution in [-0.2, 0) is 4.74 Å². The van der Waals surface area contributed by atoms with Gasteiger partial charge in [0.05, 0.1) is 12.6 Å². The largest absolute Gasteiger partial charge is 0.406 e. The number of ether oxygens (including phenoxy) is 1. The van der Waals surface area contributed by atoms with Gasteiger partial charge in [-0.2, -0.15) is 13.2 Å².